The van der Waals surface area contributed by atoms with Crippen molar-refractivity contribution in [2.24, 2.45) is 5.89 Å². The molecule has 0 spiro atoms. The molecule has 1 aromatic rings. The summed E-state index contributed by atoms with van der Waals surface area (Å²) in [5, 5.41) is 0. The maximum absolute atomic E-state index is 8.24. The molecule has 0 aliphatic carbocycles. The Hall–Kier alpha value is -0.570. The van der Waals surface area contributed by atoms with Crippen molar-refractivity contribution in [1.82, 2.24) is 4.98 Å². The summed E-state index contributed by atoms with van der Waals surface area (Å²) in [5.41, 5.74) is -0.330. The molecule has 1 atom stereocenters. The van der Waals surface area contributed by atoms with Crippen molar-refractivity contribution in [1.29, 1.82) is 0 Å². The van der Waals surface area contributed by atoms with Gasteiger partial charge in [0, 0.05) is 29.4 Å². The van der Waals surface area contributed by atoms with Gasteiger partial charge in [-0.05, 0) is 46.7 Å². The van der Waals surface area contributed by atoms with Crippen molar-refractivity contribution in [2.45, 2.75) is 19.6 Å². The standard InChI is InChI=1S/C11H15BrN2/c1-9-3-2-6-14(8-9)10-4-5-11(12)13-7-10/h4-5,7,9H,2-3,6,8H2,1H3/i1D3,2D2,3D2,6D2,8D2,9D. The van der Waals surface area contributed by atoms with Crippen LogP contribution in [0.25, 0.3) is 0 Å². The Bertz CT molecular complexity index is 700. The molecule has 0 saturated carbocycles. The van der Waals surface area contributed by atoms with E-state index < -0.39 is 38.5 Å². The third-order valence-corrected chi connectivity index (χ3v) is 2.02. The van der Waals surface area contributed by atoms with Crippen LogP contribution in [0.15, 0.2) is 22.9 Å². The van der Waals surface area contributed by atoms with Crippen LogP contribution in [0.1, 0.15) is 36.0 Å². The first-order valence-corrected chi connectivity index (χ1v) is 4.58. The zero-order valence-electron chi connectivity index (χ0n) is 19.0. The van der Waals surface area contributed by atoms with Gasteiger partial charge in [0.1, 0.15) is 4.60 Å². The zero-order chi connectivity index (χ0) is 20.6. The highest BCUT2D eigenvalue weighted by Gasteiger charge is 2.16. The summed E-state index contributed by atoms with van der Waals surface area (Å²) in [5.74, 6) is -3.64. The monoisotopic (exact) mass is 266 g/mol. The third-order valence-electron chi connectivity index (χ3n) is 1.55. The lowest BCUT2D eigenvalue weighted by molar-refractivity contribution is 0.446. The molecule has 0 aromatic carbocycles. The Balaban J connectivity index is 2.90. The van der Waals surface area contributed by atoms with E-state index in [0.29, 0.717) is 4.60 Å². The molecule has 1 unspecified atom stereocenters. The van der Waals surface area contributed by atoms with Crippen LogP contribution in [0.5, 0.6) is 0 Å². The maximum Gasteiger partial charge on any atom is 0.106 e. The molecule has 3 heteroatoms. The van der Waals surface area contributed by atoms with Gasteiger partial charge < -0.3 is 4.90 Å². The quantitative estimate of drug-likeness (QED) is 0.727. The summed E-state index contributed by atoms with van der Waals surface area (Å²) in [6.45, 7) is -10.4. The predicted molar refractivity (Wildman–Crippen MR) is 62.5 cm³/mol. The highest BCUT2D eigenvalue weighted by Crippen LogP contribution is 2.22. The van der Waals surface area contributed by atoms with Gasteiger partial charge in [0.15, 0.2) is 0 Å². The average Bonchev–Trinajstić information content (AvgIpc) is 2.45. The molecule has 2 heterocycles. The van der Waals surface area contributed by atoms with Gasteiger partial charge in [-0.1, -0.05) is 6.85 Å². The molecule has 0 bridgehead atoms. The van der Waals surface area contributed by atoms with Crippen LogP contribution in [0.3, 0.4) is 0 Å². The van der Waals surface area contributed by atoms with Gasteiger partial charge in [-0.3, -0.25) is 0 Å². The number of pyridine rings is 1. The van der Waals surface area contributed by atoms with Crippen LogP contribution in [0.4, 0.5) is 5.69 Å². The molecular formula is C11H15BrN2. The Labute approximate surface area is 110 Å². The molecule has 0 N–H and O–H groups in total. The SMILES string of the molecule is [2H]C([2H])([2H])C1([2H])C([2H])([2H])N(c2ccc(Br)nc2)C([2H])([2H])C([2H])([2H])C1([2H])[2H]. The molecule has 2 nitrogen and oxygen atoms in total. The Morgan fingerprint density at radius 1 is 1.79 bits per heavy atom. The van der Waals surface area contributed by atoms with Gasteiger partial charge in [-0.2, -0.15) is 0 Å². The van der Waals surface area contributed by atoms with Crippen LogP contribution < -0.4 is 4.90 Å². The zero-order valence-corrected chi connectivity index (χ0v) is 8.59. The topological polar surface area (TPSA) is 16.1 Å². The lowest BCUT2D eigenvalue weighted by atomic mass is 10.00. The van der Waals surface area contributed by atoms with Crippen molar-refractivity contribution in [3.63, 3.8) is 0 Å². The van der Waals surface area contributed by atoms with Crippen molar-refractivity contribution in [2.75, 3.05) is 17.9 Å². The summed E-state index contributed by atoms with van der Waals surface area (Å²) in [7, 11) is 0. The molecule has 1 fully saturated rings. The Morgan fingerprint density at radius 3 is 3.43 bits per heavy atom. The smallest absolute Gasteiger partial charge is 0.106 e. The first-order chi connectivity index (χ1) is 11.4. The third kappa shape index (κ3) is 2.27. The van der Waals surface area contributed by atoms with E-state index in [4.69, 9.17) is 16.4 Å². The Morgan fingerprint density at radius 2 is 2.71 bits per heavy atom. The van der Waals surface area contributed by atoms with Crippen LogP contribution in [0.2, 0.25) is 0 Å². The first kappa shape index (κ1) is 2.97. The van der Waals surface area contributed by atoms with Gasteiger partial charge in [0.05, 0.1) is 11.9 Å². The number of rotatable bonds is 1. The van der Waals surface area contributed by atoms with Gasteiger partial charge >= 0.3 is 0 Å². The van der Waals surface area contributed by atoms with E-state index in [1.165, 1.54) is 12.1 Å². The molecule has 1 saturated heterocycles. The van der Waals surface area contributed by atoms with Crippen LogP contribution in [0, 0.1) is 5.89 Å². The number of hydrogen-bond acceptors (Lipinski definition) is 2. The lowest BCUT2D eigenvalue weighted by Crippen LogP contribution is -2.34. The van der Waals surface area contributed by atoms with Gasteiger partial charge in [-0.15, -0.1) is 0 Å². The average molecular weight is 267 g/mol. The second-order valence-electron chi connectivity index (χ2n) is 2.52. The van der Waals surface area contributed by atoms with E-state index in [1.54, 1.807) is 0 Å². The van der Waals surface area contributed by atoms with Gasteiger partial charge in [0.25, 0.3) is 0 Å². The van der Waals surface area contributed by atoms with E-state index in [1.807, 2.05) is 0 Å². The fourth-order valence-electron chi connectivity index (χ4n) is 0.943. The highest BCUT2D eigenvalue weighted by atomic mass is 79.9. The number of hydrogen-bond donors (Lipinski definition) is 0. The summed E-state index contributed by atoms with van der Waals surface area (Å²) in [6.07, 6.45) is -6.26. The molecule has 1 aliphatic heterocycles. The number of halogens is 1. The molecule has 1 aliphatic rings. The fourth-order valence-corrected chi connectivity index (χ4v) is 1.18. The molecular weight excluding hydrogens is 240 g/mol. The highest BCUT2D eigenvalue weighted by molar-refractivity contribution is 9.10. The van der Waals surface area contributed by atoms with E-state index >= 15 is 0 Å². The summed E-state index contributed by atoms with van der Waals surface area (Å²) >= 11 is 3.04. The summed E-state index contributed by atoms with van der Waals surface area (Å²) in [6, 6.07) is 2.48. The van der Waals surface area contributed by atoms with E-state index in [9.17, 15) is 0 Å². The van der Waals surface area contributed by atoms with Crippen molar-refractivity contribution < 1.29 is 16.4 Å². The van der Waals surface area contributed by atoms with Gasteiger partial charge in [0.2, 0.25) is 0 Å². The van der Waals surface area contributed by atoms with Crippen molar-refractivity contribution in [3.05, 3.63) is 22.9 Å². The van der Waals surface area contributed by atoms with Crippen LogP contribution >= 0.6 is 15.9 Å². The van der Waals surface area contributed by atoms with Crippen LogP contribution in [-0.4, -0.2) is 18.0 Å². The summed E-state index contributed by atoms with van der Waals surface area (Å²) < 4.78 is 95.7. The second-order valence-corrected chi connectivity index (χ2v) is 3.34. The lowest BCUT2D eigenvalue weighted by Gasteiger charge is -2.32. The van der Waals surface area contributed by atoms with Gasteiger partial charge in [-0.25, -0.2) is 4.98 Å². The first-order valence-electron chi connectivity index (χ1n) is 9.79. The van der Waals surface area contributed by atoms with E-state index in [-0.39, 0.29) is 10.6 Å². The van der Waals surface area contributed by atoms with E-state index in [2.05, 4.69) is 20.9 Å². The largest absolute Gasteiger partial charge is 0.370 e. The predicted octanol–water partition coefficient (Wildman–Crippen LogP) is 3.08. The number of nitrogens with zero attached hydrogens (tertiary/aromatic N) is 2. The molecule has 2 rings (SSSR count). The second kappa shape index (κ2) is 4.30. The number of aromatic nitrogens is 1. The molecule has 0 radical (unpaired) electrons. The summed E-state index contributed by atoms with van der Waals surface area (Å²) in [4.78, 5) is 3.96. The maximum atomic E-state index is 8.24. The minimum Gasteiger partial charge on any atom is -0.370 e. The minimum absolute atomic E-state index is 0.153. The molecule has 0 amide bonds. The van der Waals surface area contributed by atoms with Crippen molar-refractivity contribution in [3.8, 4) is 0 Å². The fraction of sp³-hybridized carbons (Fsp3) is 0.545. The van der Waals surface area contributed by atoms with E-state index in [0.717, 1.165) is 6.20 Å². The molecule has 1 aromatic heterocycles. The molecule has 14 heavy (non-hydrogen) atoms. The van der Waals surface area contributed by atoms with Crippen molar-refractivity contribution >= 4 is 21.6 Å². The number of anilines is 1. The number of piperidine rings is 1. The molecule has 76 valence electrons. The normalized spacial score (nSPS) is 55.6. The minimum atomic E-state index is -3.70. The Kier molecular flexibility index (Phi) is 0.913. The van der Waals surface area contributed by atoms with Crippen LogP contribution in [-0.2, 0) is 0 Å².